The molecule has 0 aliphatic heterocycles. The van der Waals surface area contributed by atoms with E-state index in [1.807, 2.05) is 0 Å². The second kappa shape index (κ2) is 6.95. The van der Waals surface area contributed by atoms with Crippen molar-refractivity contribution in [1.82, 2.24) is 9.88 Å². The summed E-state index contributed by atoms with van der Waals surface area (Å²) < 4.78 is 24.8. The molecule has 19 heavy (non-hydrogen) atoms. The van der Waals surface area contributed by atoms with Gasteiger partial charge in [-0.15, -0.1) is 0 Å². The molecule has 4 N–H and O–H groups in total. The van der Waals surface area contributed by atoms with Gasteiger partial charge in [0.15, 0.2) is 0 Å². The van der Waals surface area contributed by atoms with Crippen molar-refractivity contribution in [2.45, 2.75) is 13.3 Å². The maximum absolute atomic E-state index is 12.4. The molecule has 0 radical (unpaired) electrons. The van der Waals surface area contributed by atoms with Crippen molar-refractivity contribution in [1.29, 1.82) is 0 Å². The van der Waals surface area contributed by atoms with Gasteiger partial charge in [-0.2, -0.15) is 0 Å². The minimum atomic E-state index is -2.68. The van der Waals surface area contributed by atoms with E-state index in [9.17, 15) is 13.6 Å². The summed E-state index contributed by atoms with van der Waals surface area (Å²) in [5.41, 5.74) is 3.35. The molecule has 0 fully saturated rings. The molecular formula is C11H16F2N4O2. The first-order chi connectivity index (χ1) is 8.99. The number of rotatable bonds is 6. The number of nitrogens with zero attached hydrogens (tertiary/aromatic N) is 2. The van der Waals surface area contributed by atoms with Crippen molar-refractivity contribution in [3.05, 3.63) is 23.5 Å². The Bertz CT molecular complexity index is 443. The molecule has 0 saturated carbocycles. The molecule has 0 spiro atoms. The number of nitrogens with two attached hydrogens (primary N) is 1. The number of carbonyl (C=O) groups is 1. The summed E-state index contributed by atoms with van der Waals surface area (Å²) in [6, 6.07) is 1.53. The van der Waals surface area contributed by atoms with Gasteiger partial charge in [0, 0.05) is 18.4 Å². The number of amides is 1. The number of anilines is 1. The largest absolute Gasteiger partial charge is 0.395 e. The number of halogens is 2. The van der Waals surface area contributed by atoms with Crippen LogP contribution in [0, 0.1) is 6.92 Å². The highest BCUT2D eigenvalue weighted by Gasteiger charge is 2.22. The lowest BCUT2D eigenvalue weighted by molar-refractivity contribution is 0.0509. The zero-order chi connectivity index (χ0) is 14.4. The SMILES string of the molecule is Cc1cc(NN)c(C(=O)N(CCO)CC(F)F)cn1. The Balaban J connectivity index is 3.01. The predicted molar refractivity (Wildman–Crippen MR) is 65.8 cm³/mol. The Labute approximate surface area is 109 Å². The van der Waals surface area contributed by atoms with Gasteiger partial charge in [-0.1, -0.05) is 0 Å². The Kier molecular flexibility index (Phi) is 5.58. The van der Waals surface area contributed by atoms with Gasteiger partial charge in [0.2, 0.25) is 0 Å². The maximum Gasteiger partial charge on any atom is 0.257 e. The summed E-state index contributed by atoms with van der Waals surface area (Å²) in [4.78, 5) is 16.9. The topological polar surface area (TPSA) is 91.5 Å². The molecule has 8 heteroatoms. The number of hydrogen-bond acceptors (Lipinski definition) is 5. The van der Waals surface area contributed by atoms with Crippen LogP contribution in [0.3, 0.4) is 0 Å². The van der Waals surface area contributed by atoms with Crippen molar-refractivity contribution < 1.29 is 18.7 Å². The standard InChI is InChI=1S/C11H16F2N4O2/c1-7-4-9(16-14)8(5-15-7)11(19)17(2-3-18)6-10(12)13/h4-5,10,18H,2-3,6,14H2,1H3,(H,15,16). The van der Waals surface area contributed by atoms with E-state index in [0.29, 0.717) is 11.4 Å². The lowest BCUT2D eigenvalue weighted by Crippen LogP contribution is -2.37. The number of aryl methyl sites for hydroxylation is 1. The van der Waals surface area contributed by atoms with Crippen molar-refractivity contribution in [2.24, 2.45) is 5.84 Å². The molecule has 0 unspecified atom stereocenters. The lowest BCUT2D eigenvalue weighted by Gasteiger charge is -2.22. The average molecular weight is 274 g/mol. The highest BCUT2D eigenvalue weighted by molar-refractivity contribution is 5.99. The first-order valence-electron chi connectivity index (χ1n) is 5.61. The first kappa shape index (κ1) is 15.3. The number of hydrogen-bond donors (Lipinski definition) is 3. The van der Waals surface area contributed by atoms with Crippen LogP contribution in [0.5, 0.6) is 0 Å². The molecule has 6 nitrogen and oxygen atoms in total. The van der Waals surface area contributed by atoms with Crippen LogP contribution in [0.2, 0.25) is 0 Å². The number of alkyl halides is 2. The lowest BCUT2D eigenvalue weighted by atomic mass is 10.2. The second-order valence-corrected chi connectivity index (χ2v) is 3.88. The molecule has 0 aliphatic rings. The highest BCUT2D eigenvalue weighted by Crippen LogP contribution is 2.17. The molecular weight excluding hydrogens is 258 g/mol. The van der Waals surface area contributed by atoms with Gasteiger partial charge in [-0.25, -0.2) is 8.78 Å². The number of aromatic nitrogens is 1. The van der Waals surface area contributed by atoms with Gasteiger partial charge >= 0.3 is 0 Å². The molecule has 0 aromatic carbocycles. The summed E-state index contributed by atoms with van der Waals surface area (Å²) in [7, 11) is 0. The fourth-order valence-corrected chi connectivity index (χ4v) is 1.58. The van der Waals surface area contributed by atoms with Crippen molar-refractivity contribution in [3.8, 4) is 0 Å². The molecule has 1 heterocycles. The number of nitrogens with one attached hydrogen (secondary N) is 1. The van der Waals surface area contributed by atoms with E-state index in [2.05, 4.69) is 10.4 Å². The Morgan fingerprint density at radius 3 is 2.84 bits per heavy atom. The maximum atomic E-state index is 12.4. The zero-order valence-corrected chi connectivity index (χ0v) is 10.4. The Morgan fingerprint density at radius 1 is 1.63 bits per heavy atom. The molecule has 106 valence electrons. The van der Waals surface area contributed by atoms with E-state index in [4.69, 9.17) is 10.9 Å². The fourth-order valence-electron chi connectivity index (χ4n) is 1.58. The Morgan fingerprint density at radius 2 is 2.32 bits per heavy atom. The van der Waals surface area contributed by atoms with E-state index >= 15 is 0 Å². The van der Waals surface area contributed by atoms with Gasteiger partial charge in [0.25, 0.3) is 12.3 Å². The number of nitrogen functional groups attached to an aromatic ring is 1. The predicted octanol–water partition coefficient (Wildman–Crippen LogP) is 0.375. The molecule has 0 saturated heterocycles. The van der Waals surface area contributed by atoms with Crippen LogP contribution in [-0.2, 0) is 0 Å². The number of carbonyl (C=O) groups excluding carboxylic acids is 1. The third kappa shape index (κ3) is 4.11. The van der Waals surface area contributed by atoms with Crippen LogP contribution in [0.25, 0.3) is 0 Å². The molecule has 0 bridgehead atoms. The summed E-state index contributed by atoms with van der Waals surface area (Å²) in [6.45, 7) is 0.376. The highest BCUT2D eigenvalue weighted by atomic mass is 19.3. The van der Waals surface area contributed by atoms with Gasteiger partial charge in [0.1, 0.15) is 0 Å². The van der Waals surface area contributed by atoms with Crippen LogP contribution < -0.4 is 11.3 Å². The monoisotopic (exact) mass is 274 g/mol. The van der Waals surface area contributed by atoms with E-state index in [1.54, 1.807) is 6.92 Å². The molecule has 0 atom stereocenters. The van der Waals surface area contributed by atoms with Crippen LogP contribution >= 0.6 is 0 Å². The van der Waals surface area contributed by atoms with Crippen molar-refractivity contribution in [2.75, 3.05) is 25.1 Å². The third-order valence-electron chi connectivity index (χ3n) is 2.44. The smallest absolute Gasteiger partial charge is 0.257 e. The molecule has 1 aromatic heterocycles. The van der Waals surface area contributed by atoms with E-state index in [-0.39, 0.29) is 12.1 Å². The summed E-state index contributed by atoms with van der Waals surface area (Å²) >= 11 is 0. The number of aliphatic hydroxyl groups excluding tert-OH is 1. The normalized spacial score (nSPS) is 10.6. The van der Waals surface area contributed by atoms with Crippen molar-refractivity contribution >= 4 is 11.6 Å². The van der Waals surface area contributed by atoms with Crippen LogP contribution in [0.1, 0.15) is 16.1 Å². The number of pyridine rings is 1. The Hall–Kier alpha value is -1.80. The second-order valence-electron chi connectivity index (χ2n) is 3.88. The quantitative estimate of drug-likeness (QED) is 0.515. The zero-order valence-electron chi connectivity index (χ0n) is 10.4. The minimum Gasteiger partial charge on any atom is -0.395 e. The number of aliphatic hydroxyl groups is 1. The van der Waals surface area contributed by atoms with Gasteiger partial charge in [0.05, 0.1) is 24.4 Å². The summed E-state index contributed by atoms with van der Waals surface area (Å²) in [5, 5.41) is 8.82. The van der Waals surface area contributed by atoms with E-state index in [1.165, 1.54) is 12.3 Å². The van der Waals surface area contributed by atoms with Crippen LogP contribution in [-0.4, -0.2) is 47.0 Å². The molecule has 1 rings (SSSR count). The van der Waals surface area contributed by atoms with Gasteiger partial charge in [-0.05, 0) is 13.0 Å². The summed E-state index contributed by atoms with van der Waals surface area (Å²) in [5.74, 6) is 4.63. The molecule has 1 amide bonds. The fraction of sp³-hybridized carbons (Fsp3) is 0.455. The van der Waals surface area contributed by atoms with Gasteiger partial charge < -0.3 is 15.4 Å². The van der Waals surface area contributed by atoms with E-state index < -0.39 is 25.5 Å². The molecule has 0 aliphatic carbocycles. The van der Waals surface area contributed by atoms with Gasteiger partial charge in [-0.3, -0.25) is 15.6 Å². The van der Waals surface area contributed by atoms with Crippen molar-refractivity contribution in [3.63, 3.8) is 0 Å². The first-order valence-corrected chi connectivity index (χ1v) is 5.61. The summed E-state index contributed by atoms with van der Waals surface area (Å²) in [6.07, 6.45) is -1.41. The number of hydrazine groups is 1. The van der Waals surface area contributed by atoms with Crippen LogP contribution in [0.15, 0.2) is 12.3 Å². The van der Waals surface area contributed by atoms with Crippen LogP contribution in [0.4, 0.5) is 14.5 Å². The third-order valence-corrected chi connectivity index (χ3v) is 2.44. The molecule has 1 aromatic rings. The average Bonchev–Trinajstić information content (AvgIpc) is 2.36. The minimum absolute atomic E-state index is 0.0854. The van der Waals surface area contributed by atoms with E-state index in [0.717, 1.165) is 4.90 Å².